The zero-order valence-electron chi connectivity index (χ0n) is 13.2. The summed E-state index contributed by atoms with van der Waals surface area (Å²) >= 11 is 0. The van der Waals surface area contributed by atoms with Crippen LogP contribution in [0.3, 0.4) is 0 Å². The number of amides is 3. The van der Waals surface area contributed by atoms with Gasteiger partial charge >= 0.3 is 0 Å². The molecule has 0 bridgehead atoms. The summed E-state index contributed by atoms with van der Waals surface area (Å²) in [6.45, 7) is 1.82. The van der Waals surface area contributed by atoms with Crippen LogP contribution >= 0.6 is 0 Å². The molecule has 1 fully saturated rings. The molecular weight excluding hydrogens is 304 g/mol. The molecule has 5 heteroatoms. The summed E-state index contributed by atoms with van der Waals surface area (Å²) in [5.74, 6) is -0.868. The van der Waals surface area contributed by atoms with E-state index in [-0.39, 0.29) is 23.8 Å². The van der Waals surface area contributed by atoms with Crippen LogP contribution in [0.4, 0.5) is 5.69 Å². The summed E-state index contributed by atoms with van der Waals surface area (Å²) in [6.07, 6.45) is 2.01. The van der Waals surface area contributed by atoms with Crippen LogP contribution in [0.15, 0.2) is 42.5 Å². The van der Waals surface area contributed by atoms with E-state index >= 15 is 0 Å². The predicted octanol–water partition coefficient (Wildman–Crippen LogP) is 2.69. The molecule has 2 aromatic rings. The van der Waals surface area contributed by atoms with Crippen LogP contribution in [0.25, 0.3) is 0 Å². The first kappa shape index (κ1) is 14.6. The number of rotatable bonds is 3. The van der Waals surface area contributed by atoms with Gasteiger partial charge in [-0.3, -0.25) is 14.4 Å². The van der Waals surface area contributed by atoms with Gasteiger partial charge in [0.25, 0.3) is 17.7 Å². The highest BCUT2D eigenvalue weighted by molar-refractivity contribution is 6.34. The molecule has 0 atom stereocenters. The molecule has 0 saturated heterocycles. The Kier molecular flexibility index (Phi) is 3.23. The number of hydrogen-bond acceptors (Lipinski definition) is 3. The van der Waals surface area contributed by atoms with Crippen molar-refractivity contribution in [2.45, 2.75) is 25.8 Å². The average Bonchev–Trinajstić information content (AvgIpc) is 3.36. The van der Waals surface area contributed by atoms with Gasteiger partial charge in [0.15, 0.2) is 0 Å². The number of nitrogens with zero attached hydrogens (tertiary/aromatic N) is 1. The second-order valence-electron chi connectivity index (χ2n) is 6.24. The molecule has 24 heavy (non-hydrogen) atoms. The van der Waals surface area contributed by atoms with Crippen LogP contribution < -0.4 is 10.2 Å². The Hall–Kier alpha value is -2.95. The van der Waals surface area contributed by atoms with Crippen molar-refractivity contribution in [2.75, 3.05) is 4.90 Å². The fourth-order valence-corrected chi connectivity index (χ4v) is 2.90. The Morgan fingerprint density at radius 1 is 1.04 bits per heavy atom. The highest BCUT2D eigenvalue weighted by Gasteiger charge is 2.37. The van der Waals surface area contributed by atoms with Gasteiger partial charge < -0.3 is 5.32 Å². The number of benzene rings is 2. The smallest absolute Gasteiger partial charge is 0.266 e. The lowest BCUT2D eigenvalue weighted by Gasteiger charge is -2.17. The molecule has 1 aliphatic carbocycles. The monoisotopic (exact) mass is 320 g/mol. The molecule has 3 amide bonds. The number of nitrogens with one attached hydrogen (secondary N) is 1. The van der Waals surface area contributed by atoms with E-state index in [0.717, 1.165) is 23.3 Å². The summed E-state index contributed by atoms with van der Waals surface area (Å²) in [6, 6.07) is 12.1. The maximum Gasteiger partial charge on any atom is 0.266 e. The SMILES string of the molecule is Cc1ccc(C(=O)NC2CC2)cc1N1C(=O)c2ccccc2C1=O. The Bertz CT molecular complexity index is 849. The topological polar surface area (TPSA) is 66.5 Å². The number of hydrogen-bond donors (Lipinski definition) is 1. The molecule has 2 aliphatic rings. The zero-order valence-corrected chi connectivity index (χ0v) is 13.2. The van der Waals surface area contributed by atoms with E-state index in [9.17, 15) is 14.4 Å². The third-order valence-electron chi connectivity index (χ3n) is 4.42. The fraction of sp³-hybridized carbons (Fsp3) is 0.211. The molecule has 1 N–H and O–H groups in total. The fourth-order valence-electron chi connectivity index (χ4n) is 2.90. The van der Waals surface area contributed by atoms with Crippen LogP contribution in [-0.4, -0.2) is 23.8 Å². The van der Waals surface area contributed by atoms with Gasteiger partial charge in [0.2, 0.25) is 0 Å². The van der Waals surface area contributed by atoms with E-state index in [1.807, 2.05) is 6.92 Å². The van der Waals surface area contributed by atoms with Crippen LogP contribution in [-0.2, 0) is 0 Å². The minimum atomic E-state index is -0.349. The predicted molar refractivity (Wildman–Crippen MR) is 89.2 cm³/mol. The number of imide groups is 1. The first-order valence-electron chi connectivity index (χ1n) is 7.95. The first-order chi connectivity index (χ1) is 11.6. The van der Waals surface area contributed by atoms with E-state index < -0.39 is 0 Å². The van der Waals surface area contributed by atoms with Gasteiger partial charge in [0.05, 0.1) is 16.8 Å². The molecule has 1 saturated carbocycles. The van der Waals surface area contributed by atoms with E-state index in [0.29, 0.717) is 22.4 Å². The standard InChI is InChI=1S/C19H16N2O3/c1-11-6-7-12(17(22)20-13-8-9-13)10-16(11)21-18(23)14-4-2-3-5-15(14)19(21)24/h2-7,10,13H,8-9H2,1H3,(H,20,22). The number of anilines is 1. The van der Waals surface area contributed by atoms with Gasteiger partial charge in [-0.05, 0) is 49.6 Å². The lowest BCUT2D eigenvalue weighted by atomic mass is 10.1. The van der Waals surface area contributed by atoms with Gasteiger partial charge in [0, 0.05) is 11.6 Å². The Balaban J connectivity index is 1.73. The van der Waals surface area contributed by atoms with E-state index in [4.69, 9.17) is 0 Å². The summed E-state index contributed by atoms with van der Waals surface area (Å²) in [5.41, 5.74) is 2.49. The summed E-state index contributed by atoms with van der Waals surface area (Å²) in [7, 11) is 0. The largest absolute Gasteiger partial charge is 0.349 e. The van der Waals surface area contributed by atoms with Crippen molar-refractivity contribution in [3.8, 4) is 0 Å². The molecule has 0 aromatic heterocycles. The minimum absolute atomic E-state index is 0.171. The summed E-state index contributed by atoms with van der Waals surface area (Å²) in [4.78, 5) is 38.7. The van der Waals surface area contributed by atoms with Gasteiger partial charge in [-0.1, -0.05) is 18.2 Å². The molecule has 1 aliphatic heterocycles. The van der Waals surface area contributed by atoms with E-state index in [1.165, 1.54) is 0 Å². The average molecular weight is 320 g/mol. The van der Waals surface area contributed by atoms with Crippen molar-refractivity contribution >= 4 is 23.4 Å². The lowest BCUT2D eigenvalue weighted by molar-refractivity contribution is 0.0918. The Morgan fingerprint density at radius 3 is 2.25 bits per heavy atom. The van der Waals surface area contributed by atoms with Crippen molar-refractivity contribution in [3.63, 3.8) is 0 Å². The Morgan fingerprint density at radius 2 is 1.67 bits per heavy atom. The van der Waals surface area contributed by atoms with E-state index in [1.54, 1.807) is 42.5 Å². The molecular formula is C19H16N2O3. The Labute approximate surface area is 139 Å². The van der Waals surface area contributed by atoms with Crippen molar-refractivity contribution in [2.24, 2.45) is 0 Å². The van der Waals surface area contributed by atoms with Crippen molar-refractivity contribution in [1.29, 1.82) is 0 Å². The zero-order chi connectivity index (χ0) is 16.8. The third kappa shape index (κ3) is 2.29. The first-order valence-corrected chi connectivity index (χ1v) is 7.95. The maximum atomic E-state index is 12.6. The van der Waals surface area contributed by atoms with Gasteiger partial charge in [0.1, 0.15) is 0 Å². The van der Waals surface area contributed by atoms with Crippen LogP contribution in [0.2, 0.25) is 0 Å². The van der Waals surface area contributed by atoms with Crippen LogP contribution in [0.5, 0.6) is 0 Å². The molecule has 120 valence electrons. The van der Waals surface area contributed by atoms with Gasteiger partial charge in [-0.15, -0.1) is 0 Å². The molecule has 0 unspecified atom stereocenters. The molecule has 5 nitrogen and oxygen atoms in total. The van der Waals surface area contributed by atoms with Gasteiger partial charge in [-0.2, -0.15) is 0 Å². The minimum Gasteiger partial charge on any atom is -0.349 e. The highest BCUT2D eigenvalue weighted by atomic mass is 16.2. The number of fused-ring (bicyclic) bond motifs is 1. The number of aryl methyl sites for hydroxylation is 1. The molecule has 2 aromatic carbocycles. The van der Waals surface area contributed by atoms with Crippen molar-refractivity contribution < 1.29 is 14.4 Å². The highest BCUT2D eigenvalue weighted by Crippen LogP contribution is 2.31. The van der Waals surface area contributed by atoms with Crippen molar-refractivity contribution in [3.05, 3.63) is 64.7 Å². The normalized spacial score (nSPS) is 16.3. The lowest BCUT2D eigenvalue weighted by Crippen LogP contribution is -2.31. The number of carbonyl (C=O) groups excluding carboxylic acids is 3. The summed E-state index contributed by atoms with van der Waals surface area (Å²) < 4.78 is 0. The third-order valence-corrected chi connectivity index (χ3v) is 4.42. The van der Waals surface area contributed by atoms with Crippen molar-refractivity contribution in [1.82, 2.24) is 5.32 Å². The van der Waals surface area contributed by atoms with Crippen LogP contribution in [0, 0.1) is 6.92 Å². The molecule has 4 rings (SSSR count). The number of carbonyl (C=O) groups is 3. The van der Waals surface area contributed by atoms with Gasteiger partial charge in [-0.25, -0.2) is 4.90 Å². The second kappa shape index (κ2) is 5.30. The second-order valence-corrected chi connectivity index (χ2v) is 6.24. The summed E-state index contributed by atoms with van der Waals surface area (Å²) in [5, 5.41) is 2.92. The van der Waals surface area contributed by atoms with Crippen LogP contribution in [0.1, 0.15) is 49.5 Å². The maximum absolute atomic E-state index is 12.6. The quantitative estimate of drug-likeness (QED) is 0.884. The molecule has 0 radical (unpaired) electrons. The molecule has 0 spiro atoms. The molecule has 1 heterocycles. The van der Waals surface area contributed by atoms with E-state index in [2.05, 4.69) is 5.32 Å².